The maximum atomic E-state index is 13.9. The third kappa shape index (κ3) is 6.48. The number of hydrogen-bond donors (Lipinski definition) is 4. The van der Waals surface area contributed by atoms with Gasteiger partial charge in [0.15, 0.2) is 5.96 Å². The van der Waals surface area contributed by atoms with Gasteiger partial charge in [0.05, 0.1) is 24.2 Å². The van der Waals surface area contributed by atoms with Gasteiger partial charge in [0.1, 0.15) is 11.6 Å². The van der Waals surface area contributed by atoms with Gasteiger partial charge in [0.25, 0.3) is 0 Å². The molecule has 1 aromatic carbocycles. The number of carbonyl (C=O) groups is 2. The topological polar surface area (TPSA) is 192 Å². The first kappa shape index (κ1) is 28.9. The van der Waals surface area contributed by atoms with Crippen LogP contribution >= 0.6 is 0 Å². The summed E-state index contributed by atoms with van der Waals surface area (Å²) in [5.41, 5.74) is 12.4. The average Bonchev–Trinajstić information content (AvgIpc) is 3.60. The van der Waals surface area contributed by atoms with Gasteiger partial charge in [0, 0.05) is 38.6 Å². The number of amides is 2. The lowest BCUT2D eigenvalue weighted by atomic mass is 9.83. The molecular formula is C27H38N8O5S. The Morgan fingerprint density at radius 3 is 2.27 bits per heavy atom. The summed E-state index contributed by atoms with van der Waals surface area (Å²) in [6, 6.07) is 6.68. The van der Waals surface area contributed by atoms with Gasteiger partial charge in [-0.05, 0) is 73.8 Å². The molecule has 3 aliphatic rings. The SMILES string of the molecule is CS(=O)(=O)N1CCC([C@H]2C[C@@H](c3ncc(-c4ccc(OC(N)=O)cc4)[nH]3)N(C(=O)C3CCN(C(=N)N)CC3)C2)CC1. The number of aromatic amines is 1. The summed E-state index contributed by atoms with van der Waals surface area (Å²) in [5, 5.41) is 7.71. The van der Waals surface area contributed by atoms with Gasteiger partial charge in [-0.15, -0.1) is 0 Å². The zero-order chi connectivity index (χ0) is 29.3. The molecule has 0 bridgehead atoms. The fourth-order valence-electron chi connectivity index (χ4n) is 6.46. The molecule has 0 saturated carbocycles. The number of piperidine rings is 2. The molecule has 14 heteroatoms. The van der Waals surface area contributed by atoms with Gasteiger partial charge in [-0.3, -0.25) is 10.2 Å². The minimum absolute atomic E-state index is 0.0350. The largest absolute Gasteiger partial charge is 0.411 e. The van der Waals surface area contributed by atoms with Gasteiger partial charge in [-0.2, -0.15) is 0 Å². The predicted molar refractivity (Wildman–Crippen MR) is 152 cm³/mol. The van der Waals surface area contributed by atoms with Crippen LogP contribution in [0, 0.1) is 23.2 Å². The van der Waals surface area contributed by atoms with Crippen molar-refractivity contribution in [2.24, 2.45) is 29.2 Å². The number of nitrogens with two attached hydrogens (primary N) is 2. The number of likely N-dealkylation sites (tertiary alicyclic amines) is 2. The van der Waals surface area contributed by atoms with Gasteiger partial charge >= 0.3 is 6.09 Å². The monoisotopic (exact) mass is 586 g/mol. The second-order valence-corrected chi connectivity index (χ2v) is 13.3. The molecule has 5 rings (SSSR count). The Labute approximate surface area is 239 Å². The Morgan fingerprint density at radius 2 is 1.68 bits per heavy atom. The van der Waals surface area contributed by atoms with E-state index in [0.717, 1.165) is 30.5 Å². The molecule has 13 nitrogen and oxygen atoms in total. The predicted octanol–water partition coefficient (Wildman–Crippen LogP) is 1.70. The van der Waals surface area contributed by atoms with Crippen LogP contribution in [0.3, 0.4) is 0 Å². The van der Waals surface area contributed by atoms with E-state index in [1.54, 1.807) is 39.7 Å². The van der Waals surface area contributed by atoms with Crippen molar-refractivity contribution in [2.45, 2.75) is 38.1 Å². The van der Waals surface area contributed by atoms with E-state index in [2.05, 4.69) is 9.97 Å². The zero-order valence-electron chi connectivity index (χ0n) is 23.2. The molecule has 2 aromatic rings. The third-order valence-electron chi connectivity index (χ3n) is 8.73. The Morgan fingerprint density at radius 1 is 1.02 bits per heavy atom. The normalized spacial score (nSPS) is 23.0. The van der Waals surface area contributed by atoms with Crippen molar-refractivity contribution in [3.63, 3.8) is 0 Å². The Bertz CT molecular complexity index is 1380. The van der Waals surface area contributed by atoms with Crippen LogP contribution in [0.15, 0.2) is 30.5 Å². The van der Waals surface area contributed by atoms with Crippen molar-refractivity contribution in [3.8, 4) is 17.0 Å². The van der Waals surface area contributed by atoms with Gasteiger partial charge in [-0.1, -0.05) is 0 Å². The molecule has 2 atom stereocenters. The Balaban J connectivity index is 1.34. The van der Waals surface area contributed by atoms with Crippen molar-refractivity contribution in [3.05, 3.63) is 36.3 Å². The molecule has 0 unspecified atom stereocenters. The third-order valence-corrected chi connectivity index (χ3v) is 10.0. The number of carbonyl (C=O) groups excluding carboxylic acids is 2. The van der Waals surface area contributed by atoms with E-state index in [1.807, 2.05) is 4.90 Å². The Hall–Kier alpha value is -3.65. The van der Waals surface area contributed by atoms with Crippen molar-refractivity contribution < 1.29 is 22.7 Å². The molecule has 41 heavy (non-hydrogen) atoms. The van der Waals surface area contributed by atoms with Crippen LogP contribution in [-0.4, -0.2) is 89.4 Å². The van der Waals surface area contributed by atoms with E-state index >= 15 is 0 Å². The summed E-state index contributed by atoms with van der Waals surface area (Å²) in [7, 11) is -3.21. The minimum Gasteiger partial charge on any atom is -0.411 e. The molecule has 0 aliphatic carbocycles. The molecule has 3 saturated heterocycles. The van der Waals surface area contributed by atoms with Crippen LogP contribution in [0.25, 0.3) is 11.3 Å². The highest BCUT2D eigenvalue weighted by atomic mass is 32.2. The molecule has 1 aromatic heterocycles. The number of sulfonamides is 1. The first-order valence-electron chi connectivity index (χ1n) is 14.0. The van der Waals surface area contributed by atoms with Crippen LogP contribution < -0.4 is 16.2 Å². The first-order valence-corrected chi connectivity index (χ1v) is 15.8. The van der Waals surface area contributed by atoms with E-state index in [1.165, 1.54) is 6.26 Å². The van der Waals surface area contributed by atoms with Gasteiger partial charge < -0.3 is 31.0 Å². The smallest absolute Gasteiger partial charge is 0.409 e. The lowest BCUT2D eigenvalue weighted by molar-refractivity contribution is -0.138. The van der Waals surface area contributed by atoms with E-state index in [0.29, 0.717) is 63.1 Å². The van der Waals surface area contributed by atoms with Crippen molar-refractivity contribution in [1.29, 1.82) is 5.41 Å². The van der Waals surface area contributed by atoms with Crippen molar-refractivity contribution in [1.82, 2.24) is 24.1 Å². The van der Waals surface area contributed by atoms with Crippen LogP contribution in [0.2, 0.25) is 0 Å². The lowest BCUT2D eigenvalue weighted by Crippen LogP contribution is -2.46. The highest BCUT2D eigenvalue weighted by Crippen LogP contribution is 2.43. The number of rotatable bonds is 6. The van der Waals surface area contributed by atoms with E-state index in [4.69, 9.17) is 21.6 Å². The van der Waals surface area contributed by atoms with Crippen LogP contribution in [0.4, 0.5) is 4.79 Å². The molecule has 0 radical (unpaired) electrons. The lowest BCUT2D eigenvalue weighted by Gasteiger charge is -2.35. The number of nitrogens with zero attached hydrogens (tertiary/aromatic N) is 4. The molecule has 0 spiro atoms. The summed E-state index contributed by atoms with van der Waals surface area (Å²) in [4.78, 5) is 36.8. The van der Waals surface area contributed by atoms with Crippen LogP contribution in [0.5, 0.6) is 5.75 Å². The number of benzene rings is 1. The number of guanidine groups is 1. The highest BCUT2D eigenvalue weighted by Gasteiger charge is 2.44. The highest BCUT2D eigenvalue weighted by molar-refractivity contribution is 7.88. The number of hydrogen-bond acceptors (Lipinski definition) is 7. The quantitative estimate of drug-likeness (QED) is 0.290. The molecular weight excluding hydrogens is 548 g/mol. The number of aromatic nitrogens is 2. The molecule has 222 valence electrons. The summed E-state index contributed by atoms with van der Waals surface area (Å²) in [6.45, 7) is 2.77. The van der Waals surface area contributed by atoms with Crippen molar-refractivity contribution >= 4 is 28.0 Å². The zero-order valence-corrected chi connectivity index (χ0v) is 24.0. The summed E-state index contributed by atoms with van der Waals surface area (Å²) in [6.07, 6.45) is 5.69. The molecule has 3 fully saturated rings. The fourth-order valence-corrected chi connectivity index (χ4v) is 7.34. The minimum atomic E-state index is -3.21. The number of H-pyrrole nitrogens is 1. The second-order valence-electron chi connectivity index (χ2n) is 11.3. The summed E-state index contributed by atoms with van der Waals surface area (Å²) < 4.78 is 30.5. The van der Waals surface area contributed by atoms with Gasteiger partial charge in [0.2, 0.25) is 15.9 Å². The molecule has 4 heterocycles. The maximum Gasteiger partial charge on any atom is 0.409 e. The van der Waals surface area contributed by atoms with Crippen LogP contribution in [-0.2, 0) is 14.8 Å². The standard InChI is InChI=1S/C27H38N8O5S/c1-41(38,39)34-12-8-17(9-13-34)20-14-23(35(16-20)25(36)19-6-10-33(11-7-19)26(28)29)24-31-15-22(32-24)18-2-4-21(5-3-18)40-27(30)37/h2-5,15,17,19-20,23H,6-14,16H2,1H3,(H3,28,29)(H2,30,37)(H,31,32)/t20-,23-/m0/s1. The molecule has 6 N–H and O–H groups in total. The van der Waals surface area contributed by atoms with Gasteiger partial charge in [-0.25, -0.2) is 22.5 Å². The van der Waals surface area contributed by atoms with E-state index in [-0.39, 0.29) is 29.7 Å². The number of nitrogens with one attached hydrogen (secondary N) is 2. The number of primary amides is 1. The molecule has 2 amide bonds. The first-order chi connectivity index (χ1) is 19.5. The van der Waals surface area contributed by atoms with E-state index < -0.39 is 16.1 Å². The fraction of sp³-hybridized carbons (Fsp3) is 0.556. The average molecular weight is 587 g/mol. The Kier molecular flexibility index (Phi) is 8.23. The van der Waals surface area contributed by atoms with Crippen molar-refractivity contribution in [2.75, 3.05) is 39.0 Å². The van der Waals surface area contributed by atoms with Crippen LogP contribution in [0.1, 0.15) is 44.0 Å². The maximum absolute atomic E-state index is 13.9. The summed E-state index contributed by atoms with van der Waals surface area (Å²) >= 11 is 0. The second kappa shape index (κ2) is 11.7. The van der Waals surface area contributed by atoms with E-state index in [9.17, 15) is 18.0 Å². The number of imidazole rings is 1. The molecule has 3 aliphatic heterocycles. The number of ether oxygens (including phenoxy) is 1. The summed E-state index contributed by atoms with van der Waals surface area (Å²) in [5.74, 6) is 1.60.